The van der Waals surface area contributed by atoms with Crippen molar-refractivity contribution < 1.29 is 10.2 Å². The molecule has 0 saturated carbocycles. The Morgan fingerprint density at radius 1 is 0.436 bits per heavy atom. The molecular weight excluding hydrogens is 496 g/mol. The third kappa shape index (κ3) is 14.5. The monoisotopic (exact) mass is 554 g/mol. The number of unbranched alkanes of at least 4 members (excludes halogenated alkanes) is 18. The molecule has 0 spiro atoms. The lowest BCUT2D eigenvalue weighted by molar-refractivity contribution is 0.450. The SMILES string of the molecule is CCCCCCCCCCCCc1cccc(Sc2cccc(CCCCCCCCCCCC)c2O)c1O. The Morgan fingerprint density at radius 2 is 0.744 bits per heavy atom. The van der Waals surface area contributed by atoms with E-state index in [9.17, 15) is 10.2 Å². The lowest BCUT2D eigenvalue weighted by Gasteiger charge is -2.12. The normalized spacial score (nSPS) is 11.3. The maximum absolute atomic E-state index is 11.0. The summed E-state index contributed by atoms with van der Waals surface area (Å²) in [6.45, 7) is 4.54. The Bertz CT molecular complexity index is 807. The van der Waals surface area contributed by atoms with Crippen molar-refractivity contribution in [3.8, 4) is 11.5 Å². The lowest BCUT2D eigenvalue weighted by atomic mass is 10.0. The van der Waals surface area contributed by atoms with Crippen LogP contribution in [0.2, 0.25) is 0 Å². The average molecular weight is 555 g/mol. The van der Waals surface area contributed by atoms with Crippen LogP contribution in [0.15, 0.2) is 46.2 Å². The van der Waals surface area contributed by atoms with Crippen LogP contribution in [0.4, 0.5) is 0 Å². The second kappa shape index (κ2) is 22.1. The molecule has 0 aliphatic rings. The van der Waals surface area contributed by atoms with Gasteiger partial charge < -0.3 is 10.2 Å². The van der Waals surface area contributed by atoms with E-state index in [2.05, 4.69) is 26.0 Å². The van der Waals surface area contributed by atoms with Gasteiger partial charge >= 0.3 is 0 Å². The first-order valence-corrected chi connectivity index (χ1v) is 17.3. The average Bonchev–Trinajstić information content (AvgIpc) is 2.94. The molecule has 0 aliphatic carbocycles. The molecule has 0 saturated heterocycles. The minimum atomic E-state index is 0.387. The van der Waals surface area contributed by atoms with Crippen molar-refractivity contribution in [2.24, 2.45) is 0 Å². The van der Waals surface area contributed by atoms with Crippen LogP contribution in [0.3, 0.4) is 0 Å². The van der Waals surface area contributed by atoms with Gasteiger partial charge in [-0.25, -0.2) is 0 Å². The molecule has 0 aliphatic heterocycles. The maximum Gasteiger partial charge on any atom is 0.132 e. The first-order valence-electron chi connectivity index (χ1n) is 16.5. The van der Waals surface area contributed by atoms with Crippen LogP contribution in [0.25, 0.3) is 0 Å². The van der Waals surface area contributed by atoms with E-state index in [1.165, 1.54) is 127 Å². The highest BCUT2D eigenvalue weighted by atomic mass is 32.2. The number of aryl methyl sites for hydroxylation is 2. The Morgan fingerprint density at radius 3 is 1.08 bits per heavy atom. The van der Waals surface area contributed by atoms with E-state index >= 15 is 0 Å². The van der Waals surface area contributed by atoms with Crippen molar-refractivity contribution in [2.45, 2.75) is 165 Å². The molecule has 0 aromatic heterocycles. The molecule has 2 aromatic rings. The van der Waals surface area contributed by atoms with Gasteiger partial charge in [0, 0.05) is 0 Å². The fraction of sp³-hybridized carbons (Fsp3) is 0.667. The van der Waals surface area contributed by atoms with Crippen LogP contribution in [0, 0.1) is 0 Å². The fourth-order valence-electron chi connectivity index (χ4n) is 5.43. The summed E-state index contributed by atoms with van der Waals surface area (Å²) in [7, 11) is 0. The zero-order valence-electron chi connectivity index (χ0n) is 25.3. The van der Waals surface area contributed by atoms with Crippen LogP contribution in [-0.2, 0) is 12.8 Å². The quantitative estimate of drug-likeness (QED) is 0.127. The molecule has 39 heavy (non-hydrogen) atoms. The van der Waals surface area contributed by atoms with Crippen LogP contribution in [0.5, 0.6) is 11.5 Å². The summed E-state index contributed by atoms with van der Waals surface area (Å²) in [6, 6.07) is 12.1. The van der Waals surface area contributed by atoms with Crippen molar-refractivity contribution in [3.63, 3.8) is 0 Å². The first-order chi connectivity index (χ1) is 19.2. The van der Waals surface area contributed by atoms with E-state index in [4.69, 9.17) is 0 Å². The fourth-order valence-corrected chi connectivity index (χ4v) is 6.41. The number of phenols is 2. The summed E-state index contributed by atoms with van der Waals surface area (Å²) >= 11 is 1.49. The van der Waals surface area contributed by atoms with Crippen molar-refractivity contribution in [3.05, 3.63) is 47.5 Å². The van der Waals surface area contributed by atoms with Crippen LogP contribution < -0.4 is 0 Å². The molecule has 0 unspecified atom stereocenters. The van der Waals surface area contributed by atoms with E-state index < -0.39 is 0 Å². The molecule has 2 N–H and O–H groups in total. The molecule has 2 rings (SSSR count). The number of hydrogen-bond donors (Lipinski definition) is 2. The molecule has 0 heterocycles. The van der Waals surface area contributed by atoms with E-state index in [0.717, 1.165) is 46.6 Å². The van der Waals surface area contributed by atoms with Crippen molar-refractivity contribution >= 4 is 11.8 Å². The second-order valence-corrected chi connectivity index (χ2v) is 12.6. The van der Waals surface area contributed by atoms with Crippen LogP contribution in [-0.4, -0.2) is 10.2 Å². The summed E-state index contributed by atoms with van der Waals surface area (Å²) in [5.74, 6) is 0.774. The summed E-state index contributed by atoms with van der Waals surface area (Å²) in [4.78, 5) is 1.68. The molecule has 0 radical (unpaired) electrons. The zero-order chi connectivity index (χ0) is 28.0. The van der Waals surface area contributed by atoms with Gasteiger partial charge in [-0.3, -0.25) is 0 Å². The molecule has 220 valence electrons. The third-order valence-electron chi connectivity index (χ3n) is 7.98. The minimum absolute atomic E-state index is 0.387. The van der Waals surface area contributed by atoms with Crippen molar-refractivity contribution in [2.75, 3.05) is 0 Å². The Balaban J connectivity index is 1.71. The number of aromatic hydroxyl groups is 2. The lowest BCUT2D eigenvalue weighted by Crippen LogP contribution is -1.91. The van der Waals surface area contributed by atoms with Gasteiger partial charge in [0.1, 0.15) is 11.5 Å². The molecular formula is C36H58O2S. The predicted molar refractivity (Wildman–Crippen MR) is 171 cm³/mol. The van der Waals surface area contributed by atoms with Gasteiger partial charge in [-0.2, -0.15) is 0 Å². The predicted octanol–water partition coefficient (Wildman–Crippen LogP) is 12.2. The van der Waals surface area contributed by atoms with Crippen LogP contribution >= 0.6 is 11.8 Å². The molecule has 2 nitrogen and oxygen atoms in total. The summed E-state index contributed by atoms with van der Waals surface area (Å²) in [5.41, 5.74) is 2.06. The number of hydrogen-bond acceptors (Lipinski definition) is 3. The highest BCUT2D eigenvalue weighted by Gasteiger charge is 2.13. The van der Waals surface area contributed by atoms with E-state index in [1.54, 1.807) is 0 Å². The molecule has 2 aromatic carbocycles. The molecule has 3 heteroatoms. The second-order valence-electron chi connectivity index (χ2n) is 11.5. The largest absolute Gasteiger partial charge is 0.506 e. The smallest absolute Gasteiger partial charge is 0.132 e. The summed E-state index contributed by atoms with van der Waals surface area (Å²) in [6.07, 6.45) is 28.3. The number of phenolic OH excluding ortho intramolecular Hbond substituents is 2. The Hall–Kier alpha value is -1.61. The van der Waals surface area contributed by atoms with Gasteiger partial charge in [0.15, 0.2) is 0 Å². The van der Waals surface area contributed by atoms with Crippen LogP contribution in [0.1, 0.15) is 153 Å². The summed E-state index contributed by atoms with van der Waals surface area (Å²) in [5, 5.41) is 21.9. The standard InChI is InChI=1S/C36H58O2S/c1-3-5-7-9-11-13-15-17-19-21-25-31-27-23-29-33(35(31)37)39-34-30-24-28-32(36(34)38)26-22-20-18-16-14-12-10-8-6-4-2/h23-24,27-30,37-38H,3-22,25-26H2,1-2H3. The highest BCUT2D eigenvalue weighted by Crippen LogP contribution is 2.41. The highest BCUT2D eigenvalue weighted by molar-refractivity contribution is 7.99. The third-order valence-corrected chi connectivity index (χ3v) is 9.08. The Kier molecular flexibility index (Phi) is 19.1. The van der Waals surface area contributed by atoms with Gasteiger partial charge in [-0.1, -0.05) is 165 Å². The van der Waals surface area contributed by atoms with Gasteiger partial charge in [-0.05, 0) is 48.9 Å². The van der Waals surface area contributed by atoms with Gasteiger partial charge in [0.05, 0.1) is 9.79 Å². The topological polar surface area (TPSA) is 40.5 Å². The Labute approximate surface area is 245 Å². The molecule has 0 bridgehead atoms. The number of para-hydroxylation sites is 2. The maximum atomic E-state index is 11.0. The van der Waals surface area contributed by atoms with Gasteiger partial charge in [-0.15, -0.1) is 0 Å². The van der Waals surface area contributed by atoms with Gasteiger partial charge in [0.25, 0.3) is 0 Å². The number of benzene rings is 2. The molecule has 0 atom stereocenters. The van der Waals surface area contributed by atoms with E-state index in [1.807, 2.05) is 24.3 Å². The number of rotatable bonds is 24. The van der Waals surface area contributed by atoms with Crippen molar-refractivity contribution in [1.29, 1.82) is 0 Å². The first kappa shape index (κ1) is 33.6. The van der Waals surface area contributed by atoms with E-state index in [0.29, 0.717) is 11.5 Å². The molecule has 0 fully saturated rings. The van der Waals surface area contributed by atoms with Gasteiger partial charge in [0.2, 0.25) is 0 Å². The van der Waals surface area contributed by atoms with E-state index in [-0.39, 0.29) is 0 Å². The zero-order valence-corrected chi connectivity index (χ0v) is 26.1. The minimum Gasteiger partial charge on any atom is -0.506 e. The summed E-state index contributed by atoms with van der Waals surface area (Å²) < 4.78 is 0. The van der Waals surface area contributed by atoms with Crippen molar-refractivity contribution in [1.82, 2.24) is 0 Å². The molecule has 0 amide bonds.